The Kier molecular flexibility index (Phi) is 5.26. The molecule has 0 fully saturated rings. The average Bonchev–Trinajstić information content (AvgIpc) is 2.95. The summed E-state index contributed by atoms with van der Waals surface area (Å²) in [6.07, 6.45) is 7.76. The molecule has 2 aliphatic heterocycles. The van der Waals surface area contributed by atoms with Gasteiger partial charge in [0.15, 0.2) is 0 Å². The van der Waals surface area contributed by atoms with Crippen LogP contribution in [-0.2, 0) is 6.54 Å². The second-order valence-electron chi connectivity index (χ2n) is 8.21. The molecule has 5 rings (SSSR count). The summed E-state index contributed by atoms with van der Waals surface area (Å²) in [6, 6.07) is 17.5. The highest BCUT2D eigenvalue weighted by atomic mass is 19.1. The van der Waals surface area contributed by atoms with Crippen LogP contribution in [0.4, 0.5) is 4.39 Å². The number of hydrogen-bond acceptors (Lipinski definition) is 2. The Morgan fingerprint density at radius 3 is 2.67 bits per heavy atom. The maximum atomic E-state index is 14.4. The van der Waals surface area contributed by atoms with Gasteiger partial charge in [-0.2, -0.15) is 0 Å². The van der Waals surface area contributed by atoms with Crippen molar-refractivity contribution in [3.8, 4) is 0 Å². The van der Waals surface area contributed by atoms with E-state index >= 15 is 0 Å². The van der Waals surface area contributed by atoms with Crippen molar-refractivity contribution in [2.45, 2.75) is 44.7 Å². The van der Waals surface area contributed by atoms with E-state index in [4.69, 9.17) is 4.99 Å². The van der Waals surface area contributed by atoms with Crippen LogP contribution >= 0.6 is 0 Å². The van der Waals surface area contributed by atoms with Gasteiger partial charge in [0.05, 0.1) is 18.3 Å². The average molecular weight is 403 g/mol. The Morgan fingerprint density at radius 2 is 1.80 bits per heavy atom. The molecule has 0 radical (unpaired) electrons. The Morgan fingerprint density at radius 1 is 1.00 bits per heavy atom. The first-order valence-corrected chi connectivity index (χ1v) is 10.8. The Balaban J connectivity index is 1.51. The summed E-state index contributed by atoms with van der Waals surface area (Å²) in [6.45, 7) is 1.38. The van der Waals surface area contributed by atoms with Gasteiger partial charge in [-0.05, 0) is 55.4 Å². The molecule has 1 atom stereocenters. The van der Waals surface area contributed by atoms with Gasteiger partial charge in [-0.15, -0.1) is 0 Å². The molecule has 30 heavy (non-hydrogen) atoms. The van der Waals surface area contributed by atoms with Crippen molar-refractivity contribution in [3.05, 3.63) is 89.0 Å². The van der Waals surface area contributed by atoms with E-state index in [1.165, 1.54) is 35.7 Å². The second kappa shape index (κ2) is 8.34. The number of nitrogens with one attached hydrogen (secondary N) is 2. The summed E-state index contributed by atoms with van der Waals surface area (Å²) in [5.41, 5.74) is 5.44. The number of hydrogen-bond donors (Lipinski definition) is 2. The van der Waals surface area contributed by atoms with Crippen molar-refractivity contribution in [1.82, 2.24) is 15.5 Å². The first-order valence-electron chi connectivity index (χ1n) is 10.8. The third kappa shape index (κ3) is 3.84. The lowest BCUT2D eigenvalue weighted by Crippen LogP contribution is -2.49. The summed E-state index contributed by atoms with van der Waals surface area (Å²) in [7, 11) is 0. The van der Waals surface area contributed by atoms with Crippen LogP contribution in [-0.4, -0.2) is 23.4 Å². The highest BCUT2D eigenvalue weighted by Crippen LogP contribution is 2.32. The monoisotopic (exact) mass is 402 g/mol. The molecule has 2 heterocycles. The van der Waals surface area contributed by atoms with Gasteiger partial charge in [0, 0.05) is 24.0 Å². The van der Waals surface area contributed by atoms with Crippen LogP contribution in [0.2, 0.25) is 0 Å². The molecule has 1 unspecified atom stereocenters. The lowest BCUT2D eigenvalue weighted by molar-refractivity contribution is 0.367. The third-order valence-corrected chi connectivity index (χ3v) is 6.18. The first-order chi connectivity index (χ1) is 14.8. The van der Waals surface area contributed by atoms with Gasteiger partial charge in [0.1, 0.15) is 5.82 Å². The third-order valence-electron chi connectivity index (χ3n) is 6.18. The fourth-order valence-electron chi connectivity index (χ4n) is 4.56. The molecular weight excluding hydrogens is 375 g/mol. The molecule has 0 aromatic heterocycles. The number of halogens is 1. The van der Waals surface area contributed by atoms with E-state index in [1.807, 2.05) is 36.5 Å². The van der Waals surface area contributed by atoms with Crippen LogP contribution in [0.1, 0.15) is 43.2 Å². The van der Waals surface area contributed by atoms with Crippen molar-refractivity contribution < 1.29 is 4.39 Å². The van der Waals surface area contributed by atoms with E-state index in [1.54, 1.807) is 6.07 Å². The Hall–Kier alpha value is -3.08. The van der Waals surface area contributed by atoms with Crippen LogP contribution in [0.15, 0.2) is 77.1 Å². The molecule has 0 saturated carbocycles. The molecule has 2 N–H and O–H groups in total. The minimum atomic E-state index is -0.210. The maximum absolute atomic E-state index is 14.4. The second-order valence-corrected chi connectivity index (χ2v) is 8.21. The molecule has 0 saturated heterocycles. The molecule has 3 aliphatic rings. The van der Waals surface area contributed by atoms with E-state index in [-0.39, 0.29) is 11.9 Å². The fourth-order valence-corrected chi connectivity index (χ4v) is 4.56. The van der Waals surface area contributed by atoms with Gasteiger partial charge < -0.3 is 15.5 Å². The standard InChI is InChI=1S/C25H27FN4/c26-22-12-6-5-11-21(22)24-17-30-20(16-27-24)14-19-10-4-7-13-23(19)29-25(30)28-15-18-8-2-1-3-9-18/h1-3,5-6,8-9,11-12,17,20,27H,4,7,10,13-16H2,(H,28,29). The van der Waals surface area contributed by atoms with Crippen molar-refractivity contribution in [2.75, 3.05) is 6.54 Å². The molecule has 0 spiro atoms. The number of benzene rings is 2. The predicted molar refractivity (Wildman–Crippen MR) is 119 cm³/mol. The Bertz CT molecular complexity index is 1010. The quantitative estimate of drug-likeness (QED) is 0.777. The van der Waals surface area contributed by atoms with Crippen LogP contribution < -0.4 is 10.6 Å². The lowest BCUT2D eigenvalue weighted by Gasteiger charge is -2.35. The minimum absolute atomic E-state index is 0.210. The molecule has 4 nitrogen and oxygen atoms in total. The van der Waals surface area contributed by atoms with E-state index in [0.29, 0.717) is 12.1 Å². The molecule has 2 aromatic rings. The van der Waals surface area contributed by atoms with Gasteiger partial charge in [-0.3, -0.25) is 0 Å². The van der Waals surface area contributed by atoms with Crippen molar-refractivity contribution in [1.29, 1.82) is 0 Å². The SMILES string of the molecule is Fc1ccccc1C1=CN2C(=NCc3ccccc3)NC3=C(CCCC3)CC2CN1. The zero-order valence-electron chi connectivity index (χ0n) is 17.1. The number of guanidine groups is 1. The number of aliphatic imine (C=N–C) groups is 1. The highest BCUT2D eigenvalue weighted by molar-refractivity contribution is 5.85. The maximum Gasteiger partial charge on any atom is 0.203 e. The first kappa shape index (κ1) is 18.9. The van der Waals surface area contributed by atoms with Crippen molar-refractivity contribution >= 4 is 11.7 Å². The van der Waals surface area contributed by atoms with Crippen LogP contribution in [0, 0.1) is 5.82 Å². The summed E-state index contributed by atoms with van der Waals surface area (Å²) in [5, 5.41) is 7.13. The predicted octanol–water partition coefficient (Wildman–Crippen LogP) is 4.78. The molecular formula is C25H27FN4. The number of allylic oxidation sites excluding steroid dienone is 1. The summed E-state index contributed by atoms with van der Waals surface area (Å²) in [4.78, 5) is 7.19. The number of nitrogens with zero attached hydrogens (tertiary/aromatic N) is 2. The zero-order chi connectivity index (χ0) is 20.3. The smallest absolute Gasteiger partial charge is 0.203 e. The summed E-state index contributed by atoms with van der Waals surface area (Å²) in [5.74, 6) is 0.656. The van der Waals surface area contributed by atoms with Gasteiger partial charge >= 0.3 is 0 Å². The van der Waals surface area contributed by atoms with E-state index in [0.717, 1.165) is 37.5 Å². The summed E-state index contributed by atoms with van der Waals surface area (Å²) >= 11 is 0. The Labute approximate surface area is 177 Å². The number of fused-ring (bicyclic) bond motifs is 1. The van der Waals surface area contributed by atoms with Gasteiger partial charge in [0.25, 0.3) is 0 Å². The van der Waals surface area contributed by atoms with Crippen LogP contribution in [0.3, 0.4) is 0 Å². The van der Waals surface area contributed by atoms with Gasteiger partial charge in [-0.25, -0.2) is 9.38 Å². The minimum Gasteiger partial charge on any atom is -0.381 e. The molecule has 2 aromatic carbocycles. The number of rotatable bonds is 3. The van der Waals surface area contributed by atoms with Crippen molar-refractivity contribution in [3.63, 3.8) is 0 Å². The topological polar surface area (TPSA) is 39.7 Å². The van der Waals surface area contributed by atoms with Crippen LogP contribution in [0.25, 0.3) is 5.70 Å². The molecule has 154 valence electrons. The molecule has 0 bridgehead atoms. The molecule has 0 amide bonds. The fraction of sp³-hybridized carbons (Fsp3) is 0.320. The van der Waals surface area contributed by atoms with Crippen LogP contribution in [0.5, 0.6) is 0 Å². The van der Waals surface area contributed by atoms with Gasteiger partial charge in [0.2, 0.25) is 5.96 Å². The van der Waals surface area contributed by atoms with Gasteiger partial charge in [-0.1, -0.05) is 42.5 Å². The summed E-state index contributed by atoms with van der Waals surface area (Å²) < 4.78 is 14.4. The largest absolute Gasteiger partial charge is 0.381 e. The van der Waals surface area contributed by atoms with E-state index < -0.39 is 0 Å². The van der Waals surface area contributed by atoms with Crippen molar-refractivity contribution in [2.24, 2.45) is 4.99 Å². The molecule has 5 heteroatoms. The van der Waals surface area contributed by atoms with E-state index in [9.17, 15) is 4.39 Å². The zero-order valence-corrected chi connectivity index (χ0v) is 17.1. The molecule has 1 aliphatic carbocycles. The van der Waals surface area contributed by atoms with E-state index in [2.05, 4.69) is 27.7 Å². The lowest BCUT2D eigenvalue weighted by atomic mass is 9.91. The highest BCUT2D eigenvalue weighted by Gasteiger charge is 2.32. The normalized spacial score (nSPS) is 22.4.